The highest BCUT2D eigenvalue weighted by Gasteiger charge is 2.09. The molecule has 0 saturated carbocycles. The van der Waals surface area contributed by atoms with Gasteiger partial charge in [-0.25, -0.2) is 4.39 Å². The normalized spacial score (nSPS) is 10.8. The molecule has 66 valence electrons. The van der Waals surface area contributed by atoms with Gasteiger partial charge in [-0.1, -0.05) is 26.0 Å². The number of hydrogen-bond acceptors (Lipinski definition) is 1. The Hall–Kier alpha value is -0.500. The summed E-state index contributed by atoms with van der Waals surface area (Å²) in [6.45, 7) is 4.16. The van der Waals surface area contributed by atoms with E-state index in [2.05, 4.69) is 13.8 Å². The second-order valence-electron chi connectivity index (χ2n) is 3.02. The molecule has 1 rings (SSSR count). The Morgan fingerprint density at radius 3 is 2.42 bits per heavy atom. The lowest BCUT2D eigenvalue weighted by atomic mass is 10.0. The molecule has 0 saturated heterocycles. The first-order chi connectivity index (χ1) is 5.66. The van der Waals surface area contributed by atoms with Crippen LogP contribution in [0.4, 0.5) is 4.39 Å². The van der Waals surface area contributed by atoms with E-state index in [-0.39, 0.29) is 5.82 Å². The third-order valence-corrected chi connectivity index (χ3v) is 2.66. The number of benzene rings is 1. The van der Waals surface area contributed by atoms with E-state index in [1.165, 1.54) is 17.8 Å². The Labute approximate surface area is 77.2 Å². The average Bonchev–Trinajstić information content (AvgIpc) is 2.03. The van der Waals surface area contributed by atoms with Crippen LogP contribution in [-0.4, -0.2) is 6.26 Å². The molecule has 0 bridgehead atoms. The number of hydrogen-bond donors (Lipinski definition) is 0. The van der Waals surface area contributed by atoms with Crippen molar-refractivity contribution in [3.8, 4) is 0 Å². The van der Waals surface area contributed by atoms with Gasteiger partial charge in [0.05, 0.1) is 0 Å². The zero-order chi connectivity index (χ0) is 9.14. The summed E-state index contributed by atoms with van der Waals surface area (Å²) < 4.78 is 13.2. The van der Waals surface area contributed by atoms with E-state index in [9.17, 15) is 4.39 Å². The van der Waals surface area contributed by atoms with E-state index in [0.29, 0.717) is 5.92 Å². The van der Waals surface area contributed by atoms with Crippen molar-refractivity contribution in [2.45, 2.75) is 24.7 Å². The molecule has 0 amide bonds. The molecule has 1 aromatic carbocycles. The standard InChI is InChI=1S/C10H13FS/c1-7(2)8-5-4-6-9(11)10(8)12-3/h4-7H,1-3H3. The van der Waals surface area contributed by atoms with Gasteiger partial charge in [-0.15, -0.1) is 11.8 Å². The fourth-order valence-corrected chi connectivity index (χ4v) is 2.00. The lowest BCUT2D eigenvalue weighted by Crippen LogP contribution is -1.93. The van der Waals surface area contributed by atoms with Crippen molar-refractivity contribution in [2.75, 3.05) is 6.26 Å². The molecule has 1 aromatic rings. The van der Waals surface area contributed by atoms with Crippen LogP contribution in [0, 0.1) is 5.82 Å². The van der Waals surface area contributed by atoms with Gasteiger partial charge in [-0.3, -0.25) is 0 Å². The van der Waals surface area contributed by atoms with E-state index in [1.807, 2.05) is 12.3 Å². The number of halogens is 1. The monoisotopic (exact) mass is 184 g/mol. The fraction of sp³-hybridized carbons (Fsp3) is 0.400. The van der Waals surface area contributed by atoms with Crippen molar-refractivity contribution in [1.82, 2.24) is 0 Å². The average molecular weight is 184 g/mol. The van der Waals surface area contributed by atoms with Crippen LogP contribution in [0.15, 0.2) is 23.1 Å². The summed E-state index contributed by atoms with van der Waals surface area (Å²) in [6.07, 6.45) is 1.91. The van der Waals surface area contributed by atoms with Crippen LogP contribution in [0.5, 0.6) is 0 Å². The largest absolute Gasteiger partial charge is 0.206 e. The predicted octanol–water partition coefficient (Wildman–Crippen LogP) is 3.67. The minimum Gasteiger partial charge on any atom is -0.206 e. The Bertz CT molecular complexity index is 269. The molecular weight excluding hydrogens is 171 g/mol. The topological polar surface area (TPSA) is 0 Å². The summed E-state index contributed by atoms with van der Waals surface area (Å²) in [4.78, 5) is 0.785. The van der Waals surface area contributed by atoms with Crippen LogP contribution in [0.1, 0.15) is 25.3 Å². The summed E-state index contributed by atoms with van der Waals surface area (Å²) in [7, 11) is 0. The van der Waals surface area contributed by atoms with Crippen molar-refractivity contribution in [3.63, 3.8) is 0 Å². The van der Waals surface area contributed by atoms with Crippen LogP contribution >= 0.6 is 11.8 Å². The highest BCUT2D eigenvalue weighted by atomic mass is 32.2. The van der Waals surface area contributed by atoms with Gasteiger partial charge in [0, 0.05) is 4.90 Å². The maximum absolute atomic E-state index is 13.2. The summed E-state index contributed by atoms with van der Waals surface area (Å²) in [5.74, 6) is 0.289. The van der Waals surface area contributed by atoms with Gasteiger partial charge in [-0.2, -0.15) is 0 Å². The summed E-state index contributed by atoms with van der Waals surface area (Å²) in [5, 5.41) is 0. The van der Waals surface area contributed by atoms with Crippen molar-refractivity contribution < 1.29 is 4.39 Å². The van der Waals surface area contributed by atoms with Gasteiger partial charge in [0.25, 0.3) is 0 Å². The van der Waals surface area contributed by atoms with Gasteiger partial charge in [0.2, 0.25) is 0 Å². The lowest BCUT2D eigenvalue weighted by Gasteiger charge is -2.10. The zero-order valence-corrected chi connectivity index (χ0v) is 8.41. The van der Waals surface area contributed by atoms with Crippen molar-refractivity contribution in [3.05, 3.63) is 29.6 Å². The van der Waals surface area contributed by atoms with Crippen LogP contribution in [0.25, 0.3) is 0 Å². The Kier molecular flexibility index (Phi) is 3.15. The molecule has 0 aliphatic heterocycles. The molecule has 0 aromatic heterocycles. The van der Waals surface area contributed by atoms with E-state index in [4.69, 9.17) is 0 Å². The molecule has 12 heavy (non-hydrogen) atoms. The Balaban J connectivity index is 3.18. The molecule has 0 nitrogen and oxygen atoms in total. The van der Waals surface area contributed by atoms with Gasteiger partial charge < -0.3 is 0 Å². The summed E-state index contributed by atoms with van der Waals surface area (Å²) in [6, 6.07) is 5.27. The second kappa shape index (κ2) is 3.94. The summed E-state index contributed by atoms with van der Waals surface area (Å²) in [5.41, 5.74) is 1.10. The third-order valence-electron chi connectivity index (χ3n) is 1.82. The Morgan fingerprint density at radius 1 is 1.33 bits per heavy atom. The van der Waals surface area contributed by atoms with E-state index in [0.717, 1.165) is 10.5 Å². The molecule has 0 unspecified atom stereocenters. The summed E-state index contributed by atoms with van der Waals surface area (Å²) >= 11 is 1.48. The quantitative estimate of drug-likeness (QED) is 0.632. The maximum atomic E-state index is 13.2. The number of rotatable bonds is 2. The minimum absolute atomic E-state index is 0.103. The van der Waals surface area contributed by atoms with E-state index >= 15 is 0 Å². The third kappa shape index (κ3) is 1.81. The highest BCUT2D eigenvalue weighted by molar-refractivity contribution is 7.98. The molecule has 2 heteroatoms. The highest BCUT2D eigenvalue weighted by Crippen LogP contribution is 2.28. The second-order valence-corrected chi connectivity index (χ2v) is 3.83. The van der Waals surface area contributed by atoms with Crippen LogP contribution < -0.4 is 0 Å². The van der Waals surface area contributed by atoms with E-state index < -0.39 is 0 Å². The lowest BCUT2D eigenvalue weighted by molar-refractivity contribution is 0.593. The molecule has 0 atom stereocenters. The Morgan fingerprint density at radius 2 is 2.00 bits per heavy atom. The first-order valence-corrected chi connectivity index (χ1v) is 5.21. The van der Waals surface area contributed by atoms with Gasteiger partial charge in [0.15, 0.2) is 0 Å². The smallest absolute Gasteiger partial charge is 0.137 e. The first-order valence-electron chi connectivity index (χ1n) is 3.99. The van der Waals surface area contributed by atoms with Crippen molar-refractivity contribution in [2.24, 2.45) is 0 Å². The molecule has 0 aliphatic carbocycles. The van der Waals surface area contributed by atoms with Crippen LogP contribution in [0.3, 0.4) is 0 Å². The van der Waals surface area contributed by atoms with E-state index in [1.54, 1.807) is 6.07 Å². The van der Waals surface area contributed by atoms with Crippen LogP contribution in [0.2, 0.25) is 0 Å². The number of thioether (sulfide) groups is 1. The zero-order valence-electron chi connectivity index (χ0n) is 7.60. The molecule has 0 spiro atoms. The van der Waals surface area contributed by atoms with Crippen molar-refractivity contribution >= 4 is 11.8 Å². The van der Waals surface area contributed by atoms with Gasteiger partial charge >= 0.3 is 0 Å². The van der Waals surface area contributed by atoms with Gasteiger partial charge in [-0.05, 0) is 23.8 Å². The molecule has 0 aliphatic rings. The fourth-order valence-electron chi connectivity index (χ4n) is 1.20. The first kappa shape index (κ1) is 9.59. The maximum Gasteiger partial charge on any atom is 0.137 e. The molecule has 0 radical (unpaired) electrons. The SMILES string of the molecule is CSc1c(F)cccc1C(C)C. The predicted molar refractivity (Wildman–Crippen MR) is 52.3 cm³/mol. The molecule has 0 fully saturated rings. The van der Waals surface area contributed by atoms with Crippen molar-refractivity contribution in [1.29, 1.82) is 0 Å². The minimum atomic E-state index is -0.103. The molecule has 0 N–H and O–H groups in total. The van der Waals surface area contributed by atoms with Gasteiger partial charge in [0.1, 0.15) is 5.82 Å². The molecular formula is C10H13FS. The van der Waals surface area contributed by atoms with Crippen LogP contribution in [-0.2, 0) is 0 Å². The molecule has 0 heterocycles.